The molecule has 2 amide bonds. The molecule has 0 saturated heterocycles. The van der Waals surface area contributed by atoms with E-state index in [9.17, 15) is 9.59 Å². The van der Waals surface area contributed by atoms with Crippen LogP contribution in [0.3, 0.4) is 0 Å². The van der Waals surface area contributed by atoms with Crippen LogP contribution in [-0.2, 0) is 22.6 Å². The first-order valence-corrected chi connectivity index (χ1v) is 9.25. The molecule has 27 heavy (non-hydrogen) atoms. The van der Waals surface area contributed by atoms with Gasteiger partial charge in [0.05, 0.1) is 5.69 Å². The van der Waals surface area contributed by atoms with Gasteiger partial charge in [0.2, 0.25) is 11.8 Å². The Hall–Kier alpha value is -2.76. The van der Waals surface area contributed by atoms with Crippen LogP contribution in [0.1, 0.15) is 39.0 Å². The Labute approximate surface area is 160 Å². The molecule has 3 rings (SSSR count). The van der Waals surface area contributed by atoms with Gasteiger partial charge in [-0.2, -0.15) is 0 Å². The summed E-state index contributed by atoms with van der Waals surface area (Å²) in [6.45, 7) is 8.29. The topological polar surface area (TPSA) is 75.2 Å². The summed E-state index contributed by atoms with van der Waals surface area (Å²) in [6.07, 6.45) is 2.49. The van der Waals surface area contributed by atoms with Crippen molar-refractivity contribution in [1.29, 1.82) is 0 Å². The van der Waals surface area contributed by atoms with E-state index in [1.165, 1.54) is 0 Å². The van der Waals surface area contributed by atoms with Crippen LogP contribution in [0.25, 0.3) is 11.4 Å². The molecule has 6 nitrogen and oxygen atoms in total. The molecule has 6 heteroatoms. The maximum Gasteiger partial charge on any atom is 0.245 e. The van der Waals surface area contributed by atoms with Gasteiger partial charge in [0.25, 0.3) is 0 Å². The Morgan fingerprint density at radius 2 is 1.89 bits per heavy atom. The van der Waals surface area contributed by atoms with E-state index < -0.39 is 11.5 Å². The fraction of sp³-hybridized carbons (Fsp3) is 0.429. The Kier molecular flexibility index (Phi) is 5.26. The smallest absolute Gasteiger partial charge is 0.245 e. The molecule has 1 aromatic heterocycles. The van der Waals surface area contributed by atoms with Crippen molar-refractivity contribution in [3.8, 4) is 11.4 Å². The second kappa shape index (κ2) is 7.47. The average molecular weight is 366 g/mol. The zero-order valence-corrected chi connectivity index (χ0v) is 16.3. The predicted molar refractivity (Wildman–Crippen MR) is 104 cm³/mol. The molecule has 0 spiro atoms. The number of rotatable bonds is 3. The summed E-state index contributed by atoms with van der Waals surface area (Å²) in [6, 6.07) is 9.31. The van der Waals surface area contributed by atoms with Crippen LogP contribution in [-0.4, -0.2) is 39.3 Å². The van der Waals surface area contributed by atoms with Gasteiger partial charge in [-0.1, -0.05) is 51.1 Å². The summed E-state index contributed by atoms with van der Waals surface area (Å²) in [7, 11) is 0. The Morgan fingerprint density at radius 1 is 1.19 bits per heavy atom. The van der Waals surface area contributed by atoms with Crippen molar-refractivity contribution in [3.05, 3.63) is 47.8 Å². The minimum atomic E-state index is -0.553. The quantitative estimate of drug-likeness (QED) is 0.906. The SMILES string of the molecule is C[C@@H](NC(=O)C(C)(C)C)C(=O)N1CCc2nc(-c3ccccc3)ncc2C1. The van der Waals surface area contributed by atoms with Crippen LogP contribution < -0.4 is 5.32 Å². The molecule has 1 atom stereocenters. The van der Waals surface area contributed by atoms with E-state index in [4.69, 9.17) is 0 Å². The number of carbonyl (C=O) groups excluding carboxylic acids is 2. The lowest BCUT2D eigenvalue weighted by Gasteiger charge is -2.31. The first kappa shape index (κ1) is 19.0. The first-order valence-electron chi connectivity index (χ1n) is 9.25. The number of nitrogens with one attached hydrogen (secondary N) is 1. The molecule has 2 aromatic rings. The van der Waals surface area contributed by atoms with Crippen LogP contribution in [0.4, 0.5) is 0 Å². The van der Waals surface area contributed by atoms with Crippen LogP contribution in [0.2, 0.25) is 0 Å². The van der Waals surface area contributed by atoms with Gasteiger partial charge in [-0.3, -0.25) is 9.59 Å². The van der Waals surface area contributed by atoms with Crippen molar-refractivity contribution in [2.75, 3.05) is 6.54 Å². The maximum absolute atomic E-state index is 12.7. The van der Waals surface area contributed by atoms with Crippen molar-refractivity contribution < 1.29 is 9.59 Å². The highest BCUT2D eigenvalue weighted by Crippen LogP contribution is 2.21. The second-order valence-electron chi connectivity index (χ2n) is 7.99. The number of hydrogen-bond acceptors (Lipinski definition) is 4. The number of nitrogens with zero attached hydrogens (tertiary/aromatic N) is 3. The summed E-state index contributed by atoms with van der Waals surface area (Å²) in [5.74, 6) is 0.502. The standard InChI is InChI=1S/C21H26N4O2/c1-14(23-20(27)21(2,3)4)19(26)25-11-10-17-16(13-25)12-22-18(24-17)15-8-6-5-7-9-15/h5-9,12,14H,10-11,13H2,1-4H3,(H,23,27)/t14-/m1/s1. The third kappa shape index (κ3) is 4.32. The number of fused-ring (bicyclic) bond motifs is 1. The highest BCUT2D eigenvalue weighted by molar-refractivity contribution is 5.89. The van der Waals surface area contributed by atoms with Crippen molar-refractivity contribution in [2.45, 2.75) is 46.7 Å². The number of amides is 2. The van der Waals surface area contributed by atoms with E-state index >= 15 is 0 Å². The van der Waals surface area contributed by atoms with E-state index in [-0.39, 0.29) is 11.8 Å². The molecule has 1 aliphatic heterocycles. The molecular weight excluding hydrogens is 340 g/mol. The lowest BCUT2D eigenvalue weighted by atomic mass is 9.95. The van der Waals surface area contributed by atoms with Gasteiger partial charge in [-0.15, -0.1) is 0 Å². The fourth-order valence-corrected chi connectivity index (χ4v) is 2.98. The second-order valence-corrected chi connectivity index (χ2v) is 7.99. The molecule has 1 aliphatic rings. The molecule has 1 N–H and O–H groups in total. The van der Waals surface area contributed by atoms with Gasteiger partial charge in [-0.25, -0.2) is 9.97 Å². The van der Waals surface area contributed by atoms with Crippen LogP contribution in [0.5, 0.6) is 0 Å². The van der Waals surface area contributed by atoms with Crippen molar-refractivity contribution in [3.63, 3.8) is 0 Å². The van der Waals surface area contributed by atoms with Crippen molar-refractivity contribution >= 4 is 11.8 Å². The number of hydrogen-bond donors (Lipinski definition) is 1. The summed E-state index contributed by atoms with van der Waals surface area (Å²) in [5, 5.41) is 2.81. The molecule has 1 aromatic carbocycles. The fourth-order valence-electron chi connectivity index (χ4n) is 2.98. The van der Waals surface area contributed by atoms with Crippen LogP contribution in [0.15, 0.2) is 36.5 Å². The molecule has 142 valence electrons. The van der Waals surface area contributed by atoms with E-state index in [1.807, 2.05) is 57.3 Å². The van der Waals surface area contributed by atoms with Gasteiger partial charge >= 0.3 is 0 Å². The molecule has 0 unspecified atom stereocenters. The van der Waals surface area contributed by atoms with E-state index in [1.54, 1.807) is 11.8 Å². The van der Waals surface area contributed by atoms with E-state index in [0.717, 1.165) is 16.8 Å². The van der Waals surface area contributed by atoms with Gasteiger partial charge in [0, 0.05) is 42.2 Å². The lowest BCUT2D eigenvalue weighted by molar-refractivity contribution is -0.138. The van der Waals surface area contributed by atoms with Crippen molar-refractivity contribution in [1.82, 2.24) is 20.2 Å². The molecule has 0 radical (unpaired) electrons. The van der Waals surface area contributed by atoms with Crippen LogP contribution >= 0.6 is 0 Å². The monoisotopic (exact) mass is 366 g/mol. The normalized spacial score (nSPS) is 15.0. The number of benzene rings is 1. The first-order chi connectivity index (χ1) is 12.8. The molecule has 2 heterocycles. The summed E-state index contributed by atoms with van der Waals surface area (Å²) in [4.78, 5) is 35.8. The Bertz CT molecular complexity index is 843. The summed E-state index contributed by atoms with van der Waals surface area (Å²) in [5.41, 5.74) is 2.41. The minimum absolute atomic E-state index is 0.0783. The lowest BCUT2D eigenvalue weighted by Crippen LogP contribution is -2.50. The summed E-state index contributed by atoms with van der Waals surface area (Å²) >= 11 is 0. The van der Waals surface area contributed by atoms with Gasteiger partial charge < -0.3 is 10.2 Å². The Morgan fingerprint density at radius 3 is 2.56 bits per heavy atom. The number of carbonyl (C=O) groups is 2. The highest BCUT2D eigenvalue weighted by atomic mass is 16.2. The largest absolute Gasteiger partial charge is 0.344 e. The number of aromatic nitrogens is 2. The molecule has 0 fully saturated rings. The third-order valence-corrected chi connectivity index (χ3v) is 4.68. The predicted octanol–water partition coefficient (Wildman–Crippen LogP) is 2.58. The van der Waals surface area contributed by atoms with Gasteiger partial charge in [0.1, 0.15) is 6.04 Å². The van der Waals surface area contributed by atoms with Crippen LogP contribution in [0, 0.1) is 5.41 Å². The molecule has 0 bridgehead atoms. The minimum Gasteiger partial charge on any atom is -0.344 e. The highest BCUT2D eigenvalue weighted by Gasteiger charge is 2.29. The Balaban J connectivity index is 1.69. The molecule has 0 aliphatic carbocycles. The average Bonchev–Trinajstić information content (AvgIpc) is 2.66. The zero-order chi connectivity index (χ0) is 19.6. The zero-order valence-electron chi connectivity index (χ0n) is 16.3. The van der Waals surface area contributed by atoms with Gasteiger partial charge in [-0.05, 0) is 6.92 Å². The molecule has 0 saturated carbocycles. The van der Waals surface area contributed by atoms with E-state index in [0.29, 0.717) is 25.3 Å². The maximum atomic E-state index is 12.7. The summed E-state index contributed by atoms with van der Waals surface area (Å²) < 4.78 is 0. The van der Waals surface area contributed by atoms with Crippen molar-refractivity contribution in [2.24, 2.45) is 5.41 Å². The third-order valence-electron chi connectivity index (χ3n) is 4.68. The van der Waals surface area contributed by atoms with E-state index in [2.05, 4.69) is 15.3 Å². The molecular formula is C21H26N4O2. The van der Waals surface area contributed by atoms with Gasteiger partial charge in [0.15, 0.2) is 5.82 Å².